The summed E-state index contributed by atoms with van der Waals surface area (Å²) in [6.07, 6.45) is 0. The lowest BCUT2D eigenvalue weighted by Gasteiger charge is -2.11. The summed E-state index contributed by atoms with van der Waals surface area (Å²) < 4.78 is 0.847. The molecule has 2 aromatic rings. The third-order valence-corrected chi connectivity index (χ3v) is 4.42. The van der Waals surface area contributed by atoms with E-state index in [0.717, 1.165) is 21.3 Å². The van der Waals surface area contributed by atoms with Crippen molar-refractivity contribution in [2.75, 3.05) is 5.32 Å². The van der Waals surface area contributed by atoms with Crippen molar-refractivity contribution in [2.45, 2.75) is 20.4 Å². The van der Waals surface area contributed by atoms with Gasteiger partial charge in [0.1, 0.15) is 0 Å². The lowest BCUT2D eigenvalue weighted by atomic mass is 10.1. The van der Waals surface area contributed by atoms with Crippen LogP contribution in [0.2, 0.25) is 5.02 Å². The molecule has 110 valence electrons. The molecule has 1 N–H and O–H groups in total. The molecular formula is C15H14BrClN2O2. The summed E-state index contributed by atoms with van der Waals surface area (Å²) in [5, 5.41) is 14.9. The summed E-state index contributed by atoms with van der Waals surface area (Å²) >= 11 is 9.35. The van der Waals surface area contributed by atoms with Crippen molar-refractivity contribution in [1.29, 1.82) is 0 Å². The summed E-state index contributed by atoms with van der Waals surface area (Å²) in [5.41, 5.74) is 3.60. The van der Waals surface area contributed by atoms with Gasteiger partial charge in [-0.2, -0.15) is 0 Å². The van der Waals surface area contributed by atoms with Gasteiger partial charge in [-0.15, -0.1) is 0 Å². The van der Waals surface area contributed by atoms with E-state index in [1.54, 1.807) is 19.1 Å². The molecule has 0 saturated carbocycles. The third-order valence-electron chi connectivity index (χ3n) is 3.21. The number of hydrogen-bond acceptors (Lipinski definition) is 3. The van der Waals surface area contributed by atoms with Crippen LogP contribution in [-0.2, 0) is 6.54 Å². The minimum Gasteiger partial charge on any atom is -0.381 e. The molecule has 0 atom stereocenters. The molecule has 0 amide bonds. The Balaban J connectivity index is 2.18. The van der Waals surface area contributed by atoms with Gasteiger partial charge in [-0.25, -0.2) is 0 Å². The fraction of sp³-hybridized carbons (Fsp3) is 0.200. The molecule has 0 aromatic heterocycles. The Bertz CT molecular complexity index is 704. The Morgan fingerprint density at radius 2 is 1.95 bits per heavy atom. The third kappa shape index (κ3) is 3.74. The van der Waals surface area contributed by atoms with Crippen LogP contribution in [0.3, 0.4) is 0 Å². The van der Waals surface area contributed by atoms with Gasteiger partial charge in [0.2, 0.25) is 0 Å². The largest absolute Gasteiger partial charge is 0.381 e. The molecule has 0 fully saturated rings. The highest BCUT2D eigenvalue weighted by Gasteiger charge is 2.13. The second-order valence-electron chi connectivity index (χ2n) is 4.81. The second kappa shape index (κ2) is 6.45. The molecule has 0 unspecified atom stereocenters. The van der Waals surface area contributed by atoms with E-state index in [4.69, 9.17) is 11.6 Å². The molecule has 0 aliphatic heterocycles. The molecular weight excluding hydrogens is 356 g/mol. The quantitative estimate of drug-likeness (QED) is 0.592. The van der Waals surface area contributed by atoms with Crippen molar-refractivity contribution >= 4 is 38.9 Å². The van der Waals surface area contributed by atoms with Crippen molar-refractivity contribution < 1.29 is 4.92 Å². The van der Waals surface area contributed by atoms with Crippen LogP contribution in [0.15, 0.2) is 34.8 Å². The number of nitrogens with zero attached hydrogens (tertiary/aromatic N) is 1. The molecule has 4 nitrogen and oxygen atoms in total. The van der Waals surface area contributed by atoms with E-state index in [2.05, 4.69) is 21.2 Å². The van der Waals surface area contributed by atoms with Gasteiger partial charge in [-0.05, 0) is 59.1 Å². The predicted molar refractivity (Wildman–Crippen MR) is 89.0 cm³/mol. The van der Waals surface area contributed by atoms with Crippen LogP contribution in [0.1, 0.15) is 16.7 Å². The average molecular weight is 370 g/mol. The van der Waals surface area contributed by atoms with Crippen molar-refractivity contribution in [3.8, 4) is 0 Å². The summed E-state index contributed by atoms with van der Waals surface area (Å²) in [5.74, 6) is 0. The number of nitro groups is 1. The van der Waals surface area contributed by atoms with E-state index in [0.29, 0.717) is 17.1 Å². The SMILES string of the molecule is Cc1cc([N+](=O)[O-])c(C)cc1NCc1ccc(Cl)c(Br)c1. The molecule has 0 heterocycles. The number of nitro benzene ring substituents is 1. The van der Waals surface area contributed by atoms with Crippen LogP contribution >= 0.6 is 27.5 Å². The number of halogens is 2. The molecule has 0 aliphatic carbocycles. The van der Waals surface area contributed by atoms with Gasteiger partial charge in [0.05, 0.1) is 9.95 Å². The standard InChI is InChI=1S/C15H14BrClN2O2/c1-9-6-15(19(20)21)10(2)5-14(9)18-8-11-3-4-13(17)12(16)7-11/h3-7,18H,8H2,1-2H3. The average Bonchev–Trinajstić information content (AvgIpc) is 2.42. The highest BCUT2D eigenvalue weighted by Crippen LogP contribution is 2.27. The summed E-state index contributed by atoms with van der Waals surface area (Å²) in [6, 6.07) is 9.11. The molecule has 0 bridgehead atoms. The summed E-state index contributed by atoms with van der Waals surface area (Å²) in [4.78, 5) is 10.5. The smallest absolute Gasteiger partial charge is 0.272 e. The lowest BCUT2D eigenvalue weighted by molar-refractivity contribution is -0.385. The Morgan fingerprint density at radius 1 is 1.24 bits per heavy atom. The molecule has 6 heteroatoms. The Kier molecular flexibility index (Phi) is 4.85. The minimum absolute atomic E-state index is 0.146. The maximum atomic E-state index is 10.9. The normalized spacial score (nSPS) is 10.5. The summed E-state index contributed by atoms with van der Waals surface area (Å²) in [7, 11) is 0. The van der Waals surface area contributed by atoms with E-state index >= 15 is 0 Å². The van der Waals surface area contributed by atoms with Crippen molar-refractivity contribution in [3.05, 3.63) is 66.6 Å². The maximum Gasteiger partial charge on any atom is 0.272 e. The van der Waals surface area contributed by atoms with Crippen LogP contribution in [-0.4, -0.2) is 4.92 Å². The number of aryl methyl sites for hydroxylation is 2. The lowest BCUT2D eigenvalue weighted by Crippen LogP contribution is -2.03. The number of rotatable bonds is 4. The van der Waals surface area contributed by atoms with Crippen LogP contribution in [0.4, 0.5) is 11.4 Å². The Hall–Kier alpha value is -1.59. The Labute approximate surface area is 136 Å². The zero-order valence-electron chi connectivity index (χ0n) is 11.6. The Morgan fingerprint density at radius 3 is 2.57 bits per heavy atom. The molecule has 0 spiro atoms. The number of hydrogen-bond donors (Lipinski definition) is 1. The fourth-order valence-corrected chi connectivity index (χ4v) is 2.58. The van der Waals surface area contributed by atoms with Crippen LogP contribution < -0.4 is 5.32 Å². The summed E-state index contributed by atoms with van der Waals surface area (Å²) in [6.45, 7) is 4.21. The zero-order valence-corrected chi connectivity index (χ0v) is 14.0. The zero-order chi connectivity index (χ0) is 15.6. The van der Waals surface area contributed by atoms with E-state index in [9.17, 15) is 10.1 Å². The first-order chi connectivity index (χ1) is 9.88. The number of nitrogens with one attached hydrogen (secondary N) is 1. The first kappa shape index (κ1) is 15.8. The monoisotopic (exact) mass is 368 g/mol. The fourth-order valence-electron chi connectivity index (χ4n) is 2.03. The second-order valence-corrected chi connectivity index (χ2v) is 6.07. The van der Waals surface area contributed by atoms with Crippen molar-refractivity contribution in [2.24, 2.45) is 0 Å². The highest BCUT2D eigenvalue weighted by molar-refractivity contribution is 9.10. The van der Waals surface area contributed by atoms with Gasteiger partial charge in [-0.3, -0.25) is 10.1 Å². The molecule has 0 saturated heterocycles. The van der Waals surface area contributed by atoms with Crippen LogP contribution in [0.25, 0.3) is 0 Å². The number of benzene rings is 2. The van der Waals surface area contributed by atoms with Gasteiger partial charge < -0.3 is 5.32 Å². The topological polar surface area (TPSA) is 55.2 Å². The van der Waals surface area contributed by atoms with Crippen molar-refractivity contribution in [1.82, 2.24) is 0 Å². The number of anilines is 1. The van der Waals surface area contributed by atoms with E-state index in [-0.39, 0.29) is 10.6 Å². The van der Waals surface area contributed by atoms with Gasteiger partial charge >= 0.3 is 0 Å². The highest BCUT2D eigenvalue weighted by atomic mass is 79.9. The van der Waals surface area contributed by atoms with E-state index < -0.39 is 0 Å². The van der Waals surface area contributed by atoms with Gasteiger partial charge in [0, 0.05) is 28.3 Å². The predicted octanol–water partition coefficient (Wildman–Crippen LogP) is 5.24. The van der Waals surface area contributed by atoms with Gasteiger partial charge in [0.15, 0.2) is 0 Å². The van der Waals surface area contributed by atoms with Crippen LogP contribution in [0, 0.1) is 24.0 Å². The molecule has 0 radical (unpaired) electrons. The molecule has 2 rings (SSSR count). The molecule has 21 heavy (non-hydrogen) atoms. The molecule has 0 aliphatic rings. The van der Waals surface area contributed by atoms with Crippen molar-refractivity contribution in [3.63, 3.8) is 0 Å². The van der Waals surface area contributed by atoms with E-state index in [1.807, 2.05) is 25.1 Å². The minimum atomic E-state index is -0.359. The maximum absolute atomic E-state index is 10.9. The first-order valence-corrected chi connectivity index (χ1v) is 7.49. The van der Waals surface area contributed by atoms with Gasteiger partial charge in [-0.1, -0.05) is 17.7 Å². The van der Waals surface area contributed by atoms with E-state index in [1.165, 1.54) is 0 Å². The first-order valence-electron chi connectivity index (χ1n) is 6.32. The molecule has 2 aromatic carbocycles. The van der Waals surface area contributed by atoms with Crippen LogP contribution in [0.5, 0.6) is 0 Å². The van der Waals surface area contributed by atoms with Gasteiger partial charge in [0.25, 0.3) is 5.69 Å².